The monoisotopic (exact) mass is 401 g/mol. The highest BCUT2D eigenvalue weighted by atomic mass is 32.1. The first-order valence-electron chi connectivity index (χ1n) is 8.93. The van der Waals surface area contributed by atoms with Crippen LogP contribution in [0.25, 0.3) is 10.2 Å². The third kappa shape index (κ3) is 4.37. The standard InChI is InChI=1S/C19H23N5O3S/c1-12(2)24-8-7-15(22-24)18(26)21-19-23(9-10-27-4)16-6-5-14(20-13(3)25)11-17(16)28-19/h5-8,11-12H,9-10H2,1-4H3,(H,20,25). The van der Waals surface area contributed by atoms with Crippen molar-refractivity contribution in [3.63, 3.8) is 0 Å². The summed E-state index contributed by atoms with van der Waals surface area (Å²) >= 11 is 1.39. The Balaban J connectivity index is 2.04. The smallest absolute Gasteiger partial charge is 0.300 e. The molecule has 3 rings (SSSR count). The Bertz CT molecular complexity index is 1080. The topological polar surface area (TPSA) is 90.5 Å². The summed E-state index contributed by atoms with van der Waals surface area (Å²) in [6.45, 7) is 6.50. The number of ether oxygens (including phenoxy) is 1. The number of hydrogen-bond acceptors (Lipinski definition) is 5. The lowest BCUT2D eigenvalue weighted by Gasteiger charge is -2.05. The summed E-state index contributed by atoms with van der Waals surface area (Å²) in [5.74, 6) is -0.525. The largest absolute Gasteiger partial charge is 0.383 e. The van der Waals surface area contributed by atoms with Crippen LogP contribution in [0.5, 0.6) is 0 Å². The molecule has 0 bridgehead atoms. The molecule has 1 N–H and O–H groups in total. The minimum Gasteiger partial charge on any atom is -0.383 e. The number of amides is 2. The Morgan fingerprint density at radius 2 is 2.11 bits per heavy atom. The van der Waals surface area contributed by atoms with Gasteiger partial charge in [0.1, 0.15) is 0 Å². The van der Waals surface area contributed by atoms with E-state index in [4.69, 9.17) is 4.74 Å². The third-order valence-corrected chi connectivity index (χ3v) is 5.12. The Hall–Kier alpha value is -2.78. The number of rotatable bonds is 6. The molecule has 0 fully saturated rings. The average molecular weight is 401 g/mol. The number of carbonyl (C=O) groups is 2. The zero-order valence-electron chi connectivity index (χ0n) is 16.3. The summed E-state index contributed by atoms with van der Waals surface area (Å²) in [5.41, 5.74) is 1.94. The van der Waals surface area contributed by atoms with E-state index in [1.54, 1.807) is 24.1 Å². The number of methoxy groups -OCH3 is 1. The molecule has 1 aromatic carbocycles. The molecule has 0 saturated heterocycles. The van der Waals surface area contributed by atoms with Crippen LogP contribution in [0.1, 0.15) is 37.3 Å². The second-order valence-corrected chi connectivity index (χ2v) is 7.59. The number of nitrogens with one attached hydrogen (secondary N) is 1. The lowest BCUT2D eigenvalue weighted by atomic mass is 10.3. The van der Waals surface area contributed by atoms with Gasteiger partial charge < -0.3 is 14.6 Å². The molecule has 8 nitrogen and oxygen atoms in total. The number of carbonyl (C=O) groups excluding carboxylic acids is 2. The van der Waals surface area contributed by atoms with Gasteiger partial charge in [0.05, 0.1) is 16.8 Å². The summed E-state index contributed by atoms with van der Waals surface area (Å²) in [4.78, 5) is 28.8. The van der Waals surface area contributed by atoms with Gasteiger partial charge in [0.25, 0.3) is 5.91 Å². The lowest BCUT2D eigenvalue weighted by Crippen LogP contribution is -2.19. The van der Waals surface area contributed by atoms with E-state index in [1.807, 2.05) is 36.6 Å². The van der Waals surface area contributed by atoms with Gasteiger partial charge in [0.2, 0.25) is 5.91 Å². The van der Waals surface area contributed by atoms with Crippen molar-refractivity contribution in [2.45, 2.75) is 33.4 Å². The molecule has 9 heteroatoms. The third-order valence-electron chi connectivity index (χ3n) is 4.08. The predicted molar refractivity (Wildman–Crippen MR) is 109 cm³/mol. The van der Waals surface area contributed by atoms with Crippen LogP contribution in [-0.2, 0) is 16.1 Å². The fraction of sp³-hybridized carbons (Fsp3) is 0.368. The van der Waals surface area contributed by atoms with Crippen LogP contribution >= 0.6 is 11.3 Å². The van der Waals surface area contributed by atoms with Crippen LogP contribution in [0.2, 0.25) is 0 Å². The van der Waals surface area contributed by atoms with Crippen LogP contribution < -0.4 is 10.1 Å². The van der Waals surface area contributed by atoms with E-state index in [9.17, 15) is 9.59 Å². The molecule has 0 aliphatic heterocycles. The van der Waals surface area contributed by atoms with Crippen molar-refractivity contribution in [1.29, 1.82) is 0 Å². The molecular formula is C19H23N5O3S. The Labute approximate surface area is 166 Å². The molecule has 0 spiro atoms. The number of benzene rings is 1. The van der Waals surface area contributed by atoms with E-state index in [0.29, 0.717) is 29.3 Å². The normalized spacial score (nSPS) is 12.1. The lowest BCUT2D eigenvalue weighted by molar-refractivity contribution is -0.114. The number of thiazole rings is 1. The van der Waals surface area contributed by atoms with Crippen molar-refractivity contribution in [3.05, 3.63) is 41.0 Å². The van der Waals surface area contributed by atoms with Crippen LogP contribution in [0.4, 0.5) is 5.69 Å². The molecule has 28 heavy (non-hydrogen) atoms. The Kier molecular flexibility index (Phi) is 6.05. The molecule has 0 atom stereocenters. The van der Waals surface area contributed by atoms with Gasteiger partial charge in [-0.15, -0.1) is 0 Å². The van der Waals surface area contributed by atoms with Gasteiger partial charge in [-0.05, 0) is 38.1 Å². The van der Waals surface area contributed by atoms with Gasteiger partial charge in [0.15, 0.2) is 10.5 Å². The zero-order valence-corrected chi connectivity index (χ0v) is 17.1. The summed E-state index contributed by atoms with van der Waals surface area (Å²) < 4.78 is 9.79. The second kappa shape index (κ2) is 8.49. The van der Waals surface area contributed by atoms with Crippen LogP contribution in [0.3, 0.4) is 0 Å². The molecule has 0 radical (unpaired) electrons. The van der Waals surface area contributed by atoms with E-state index < -0.39 is 0 Å². The van der Waals surface area contributed by atoms with Gasteiger partial charge in [-0.2, -0.15) is 10.1 Å². The highest BCUT2D eigenvalue weighted by Crippen LogP contribution is 2.22. The highest BCUT2D eigenvalue weighted by Gasteiger charge is 2.13. The fourth-order valence-corrected chi connectivity index (χ4v) is 3.82. The molecule has 0 saturated carbocycles. The fourth-order valence-electron chi connectivity index (χ4n) is 2.72. The molecule has 2 amide bonds. The van der Waals surface area contributed by atoms with Crippen molar-refractivity contribution in [3.8, 4) is 0 Å². The predicted octanol–water partition coefficient (Wildman–Crippen LogP) is 2.83. The van der Waals surface area contributed by atoms with Gasteiger partial charge in [-0.1, -0.05) is 11.3 Å². The quantitative estimate of drug-likeness (QED) is 0.688. The van der Waals surface area contributed by atoms with Gasteiger partial charge >= 0.3 is 0 Å². The molecule has 2 aromatic heterocycles. The summed E-state index contributed by atoms with van der Waals surface area (Å²) in [7, 11) is 1.63. The minimum absolute atomic E-state index is 0.135. The first-order valence-corrected chi connectivity index (χ1v) is 9.75. The second-order valence-electron chi connectivity index (χ2n) is 6.58. The molecule has 0 aliphatic carbocycles. The van der Waals surface area contributed by atoms with E-state index in [1.165, 1.54) is 18.3 Å². The van der Waals surface area contributed by atoms with E-state index in [-0.39, 0.29) is 17.9 Å². The Morgan fingerprint density at radius 1 is 1.32 bits per heavy atom. The van der Waals surface area contributed by atoms with Gasteiger partial charge in [-0.25, -0.2) is 0 Å². The van der Waals surface area contributed by atoms with Crippen LogP contribution in [0, 0.1) is 0 Å². The van der Waals surface area contributed by atoms with E-state index >= 15 is 0 Å². The zero-order chi connectivity index (χ0) is 20.3. The molecule has 3 aromatic rings. The molecule has 148 valence electrons. The van der Waals surface area contributed by atoms with Crippen LogP contribution in [-0.4, -0.2) is 39.9 Å². The average Bonchev–Trinajstić information content (AvgIpc) is 3.24. The molecule has 0 aliphatic rings. The highest BCUT2D eigenvalue weighted by molar-refractivity contribution is 7.16. The first kappa shape index (κ1) is 20.0. The van der Waals surface area contributed by atoms with Crippen molar-refractivity contribution < 1.29 is 14.3 Å². The number of anilines is 1. The number of nitrogens with zero attached hydrogens (tertiary/aromatic N) is 4. The van der Waals surface area contributed by atoms with Gasteiger partial charge in [-0.3, -0.25) is 14.3 Å². The van der Waals surface area contributed by atoms with Crippen molar-refractivity contribution >= 4 is 39.1 Å². The molecule has 2 heterocycles. The number of hydrogen-bond donors (Lipinski definition) is 1. The molecular weight excluding hydrogens is 378 g/mol. The summed E-state index contributed by atoms with van der Waals surface area (Å²) in [6.07, 6.45) is 1.77. The maximum absolute atomic E-state index is 12.6. The number of fused-ring (bicyclic) bond motifs is 1. The van der Waals surface area contributed by atoms with Crippen molar-refractivity contribution in [1.82, 2.24) is 14.3 Å². The first-order chi connectivity index (χ1) is 13.4. The Morgan fingerprint density at radius 3 is 2.75 bits per heavy atom. The summed E-state index contributed by atoms with van der Waals surface area (Å²) in [6, 6.07) is 7.46. The number of aromatic nitrogens is 3. The van der Waals surface area contributed by atoms with Gasteiger partial charge in [0, 0.05) is 38.5 Å². The maximum Gasteiger partial charge on any atom is 0.300 e. The van der Waals surface area contributed by atoms with Crippen molar-refractivity contribution in [2.75, 3.05) is 19.0 Å². The summed E-state index contributed by atoms with van der Waals surface area (Å²) in [5, 5.41) is 7.07. The van der Waals surface area contributed by atoms with E-state index in [2.05, 4.69) is 15.4 Å². The maximum atomic E-state index is 12.6. The van der Waals surface area contributed by atoms with Crippen LogP contribution in [0.15, 0.2) is 35.5 Å². The SMILES string of the molecule is COCCn1c(=NC(=O)c2ccn(C(C)C)n2)sc2cc(NC(C)=O)ccc21. The van der Waals surface area contributed by atoms with E-state index in [0.717, 1.165) is 10.2 Å². The minimum atomic E-state index is -0.390. The molecule has 0 unspecified atom stereocenters. The van der Waals surface area contributed by atoms with Crippen molar-refractivity contribution in [2.24, 2.45) is 4.99 Å².